The Labute approximate surface area is 217 Å². The number of hydrogen-bond donors (Lipinski definition) is 5. The Balaban J connectivity index is 1.44. The Morgan fingerprint density at radius 2 is 2.08 bits per heavy atom. The summed E-state index contributed by atoms with van der Waals surface area (Å²) < 4.78 is 21.2. The molecule has 12 nitrogen and oxygen atoms in total. The van der Waals surface area contributed by atoms with Crippen LogP contribution in [-0.4, -0.2) is 64.1 Å². The van der Waals surface area contributed by atoms with Crippen LogP contribution in [0.25, 0.3) is 5.65 Å². The molecule has 2 fully saturated rings. The third-order valence-electron chi connectivity index (χ3n) is 6.53. The Kier molecular flexibility index (Phi) is 7.17. The number of nitrogens with zero attached hydrogens (tertiary/aromatic N) is 5. The van der Waals surface area contributed by atoms with Crippen LogP contribution in [0.4, 0.5) is 32.3 Å². The van der Waals surface area contributed by atoms with Gasteiger partial charge in [0.15, 0.2) is 11.5 Å². The van der Waals surface area contributed by atoms with Crippen molar-refractivity contribution in [3.05, 3.63) is 34.6 Å². The number of nitrogens with two attached hydrogens (primary N) is 2. The standard InChI is InChI=1S/C23H30ClFN10O2/c1-37-23(36)31-16-4-5-34(11-15(16)25)18-7-12(8-26)6-17(19(18)24)30-22-32-20(29-13-2-3-13)21-28-10-14(9-27)35(21)33-22/h6-7,10,13,15-16H,2-5,8-9,11,26-27H2,1H3,(H,31,36)(H2,29,30,32,33)/t15-,16+/m0/s1. The summed E-state index contributed by atoms with van der Waals surface area (Å²) in [4.78, 5) is 22.5. The molecule has 7 N–H and O–H groups in total. The molecule has 198 valence electrons. The predicted octanol–water partition coefficient (Wildman–Crippen LogP) is 2.29. The molecule has 0 unspecified atom stereocenters. The molecular weight excluding hydrogens is 503 g/mol. The van der Waals surface area contributed by atoms with Gasteiger partial charge in [-0.25, -0.2) is 18.7 Å². The van der Waals surface area contributed by atoms with Crippen LogP contribution in [0, 0.1) is 0 Å². The van der Waals surface area contributed by atoms with E-state index in [4.69, 9.17) is 23.1 Å². The Hall–Kier alpha value is -3.42. The van der Waals surface area contributed by atoms with E-state index in [-0.39, 0.29) is 19.6 Å². The van der Waals surface area contributed by atoms with Crippen LogP contribution < -0.4 is 32.3 Å². The van der Waals surface area contributed by atoms with Crippen molar-refractivity contribution >= 4 is 46.5 Å². The number of piperidine rings is 1. The summed E-state index contributed by atoms with van der Waals surface area (Å²) in [5.41, 5.74) is 15.2. The van der Waals surface area contributed by atoms with E-state index in [1.807, 2.05) is 17.0 Å². The molecule has 2 aromatic heterocycles. The first-order chi connectivity index (χ1) is 17.9. The highest BCUT2D eigenvalue weighted by molar-refractivity contribution is 6.36. The monoisotopic (exact) mass is 532 g/mol. The fourth-order valence-electron chi connectivity index (χ4n) is 4.36. The van der Waals surface area contributed by atoms with Crippen LogP contribution in [0.1, 0.15) is 30.5 Å². The third-order valence-corrected chi connectivity index (χ3v) is 6.92. The quantitative estimate of drug-likeness (QED) is 0.291. The Bertz CT molecular complexity index is 1300. The number of ether oxygens (including phenoxy) is 1. The van der Waals surface area contributed by atoms with Gasteiger partial charge in [0.1, 0.15) is 6.17 Å². The number of amides is 1. The Morgan fingerprint density at radius 1 is 1.27 bits per heavy atom. The van der Waals surface area contributed by atoms with Gasteiger partial charge in [0.2, 0.25) is 5.95 Å². The van der Waals surface area contributed by atoms with Gasteiger partial charge >= 0.3 is 6.09 Å². The molecule has 0 bridgehead atoms. The van der Waals surface area contributed by atoms with Crippen molar-refractivity contribution < 1.29 is 13.9 Å². The molecule has 1 amide bonds. The first-order valence-electron chi connectivity index (χ1n) is 12.1. The van der Waals surface area contributed by atoms with Gasteiger partial charge in [0.05, 0.1) is 48.0 Å². The molecule has 2 aliphatic rings. The molecule has 1 saturated carbocycles. The number of halogens is 2. The number of methoxy groups -OCH3 is 1. The van der Waals surface area contributed by atoms with Crippen molar-refractivity contribution in [3.8, 4) is 0 Å². The predicted molar refractivity (Wildman–Crippen MR) is 139 cm³/mol. The molecule has 2 atom stereocenters. The van der Waals surface area contributed by atoms with Crippen LogP contribution in [0.5, 0.6) is 0 Å². The van der Waals surface area contributed by atoms with Crippen molar-refractivity contribution in [2.75, 3.05) is 35.7 Å². The summed E-state index contributed by atoms with van der Waals surface area (Å²) in [6.45, 7) is 1.05. The summed E-state index contributed by atoms with van der Waals surface area (Å²) >= 11 is 6.83. The zero-order chi connectivity index (χ0) is 26.1. The van der Waals surface area contributed by atoms with E-state index in [2.05, 4.69) is 35.8 Å². The lowest BCUT2D eigenvalue weighted by molar-refractivity contribution is 0.150. The highest BCUT2D eigenvalue weighted by atomic mass is 35.5. The zero-order valence-electron chi connectivity index (χ0n) is 20.4. The summed E-state index contributed by atoms with van der Waals surface area (Å²) in [5.74, 6) is 0.904. The van der Waals surface area contributed by atoms with E-state index in [1.165, 1.54) is 7.11 Å². The number of benzene rings is 1. The topological polar surface area (TPSA) is 161 Å². The number of alkyl halides is 1. The van der Waals surface area contributed by atoms with Gasteiger partial charge in [-0.2, -0.15) is 4.98 Å². The van der Waals surface area contributed by atoms with E-state index >= 15 is 0 Å². The summed E-state index contributed by atoms with van der Waals surface area (Å²) in [5, 5.41) is 14.1. The van der Waals surface area contributed by atoms with Gasteiger partial charge in [-0.15, -0.1) is 5.10 Å². The third kappa shape index (κ3) is 5.33. The summed E-state index contributed by atoms with van der Waals surface area (Å²) in [6, 6.07) is 3.39. The van der Waals surface area contributed by atoms with Gasteiger partial charge in [0, 0.05) is 25.7 Å². The van der Waals surface area contributed by atoms with Crippen molar-refractivity contribution in [2.24, 2.45) is 11.5 Å². The molecular formula is C23H30ClFN10O2. The van der Waals surface area contributed by atoms with Gasteiger partial charge in [0.25, 0.3) is 0 Å². The normalized spacial score (nSPS) is 19.6. The highest BCUT2D eigenvalue weighted by Crippen LogP contribution is 2.37. The van der Waals surface area contributed by atoms with Crippen molar-refractivity contribution in [2.45, 2.75) is 50.6 Å². The SMILES string of the molecule is COC(=O)N[C@@H]1CCN(c2cc(CN)cc(Nc3nc(NC4CC4)c4ncc(CN)n4n3)c2Cl)C[C@@H]1F. The number of aromatic nitrogens is 4. The number of alkyl carbamates (subject to hydrolysis) is 1. The molecule has 0 spiro atoms. The number of carbonyl (C=O) groups excluding carboxylic acids is 1. The van der Waals surface area contributed by atoms with E-state index in [9.17, 15) is 9.18 Å². The minimum Gasteiger partial charge on any atom is -0.453 e. The van der Waals surface area contributed by atoms with Crippen LogP contribution >= 0.6 is 11.6 Å². The molecule has 1 saturated heterocycles. The van der Waals surface area contributed by atoms with Gasteiger partial charge < -0.3 is 37.1 Å². The van der Waals surface area contributed by atoms with Crippen molar-refractivity contribution in [3.63, 3.8) is 0 Å². The molecule has 0 radical (unpaired) electrons. The molecule has 5 rings (SSSR count). The zero-order valence-corrected chi connectivity index (χ0v) is 21.1. The number of carbonyl (C=O) groups is 1. The second kappa shape index (κ2) is 10.5. The minimum absolute atomic E-state index is 0.0503. The van der Waals surface area contributed by atoms with E-state index < -0.39 is 18.3 Å². The minimum atomic E-state index is -1.31. The number of fused-ring (bicyclic) bond motifs is 1. The van der Waals surface area contributed by atoms with Gasteiger partial charge in [-0.05, 0) is 37.0 Å². The molecule has 1 aromatic carbocycles. The van der Waals surface area contributed by atoms with Crippen LogP contribution in [0.3, 0.4) is 0 Å². The summed E-state index contributed by atoms with van der Waals surface area (Å²) in [7, 11) is 1.25. The largest absolute Gasteiger partial charge is 0.453 e. The number of imidazole rings is 1. The molecule has 14 heteroatoms. The lowest BCUT2D eigenvalue weighted by atomic mass is 10.0. The fraction of sp³-hybridized carbons (Fsp3) is 0.478. The van der Waals surface area contributed by atoms with Gasteiger partial charge in [-0.3, -0.25) is 0 Å². The maximum atomic E-state index is 14.9. The second-order valence-corrected chi connectivity index (χ2v) is 9.57. The number of anilines is 4. The number of hydrogen-bond acceptors (Lipinski definition) is 10. The molecule has 1 aliphatic carbocycles. The van der Waals surface area contributed by atoms with Crippen LogP contribution in [0.15, 0.2) is 18.3 Å². The lowest BCUT2D eigenvalue weighted by Crippen LogP contribution is -2.52. The van der Waals surface area contributed by atoms with Crippen molar-refractivity contribution in [1.29, 1.82) is 0 Å². The molecule has 1 aliphatic heterocycles. The molecule has 37 heavy (non-hydrogen) atoms. The van der Waals surface area contributed by atoms with E-state index in [0.29, 0.717) is 52.8 Å². The van der Waals surface area contributed by atoms with E-state index in [0.717, 1.165) is 24.1 Å². The number of rotatable bonds is 8. The maximum Gasteiger partial charge on any atom is 0.407 e. The number of nitrogens with one attached hydrogen (secondary N) is 3. The van der Waals surface area contributed by atoms with Crippen LogP contribution in [-0.2, 0) is 17.8 Å². The first-order valence-corrected chi connectivity index (χ1v) is 12.5. The second-order valence-electron chi connectivity index (χ2n) is 9.19. The first kappa shape index (κ1) is 25.2. The highest BCUT2D eigenvalue weighted by Gasteiger charge is 2.32. The average molecular weight is 533 g/mol. The lowest BCUT2D eigenvalue weighted by Gasteiger charge is -2.37. The smallest absolute Gasteiger partial charge is 0.407 e. The molecule has 3 heterocycles. The Morgan fingerprint density at radius 3 is 2.76 bits per heavy atom. The maximum absolute atomic E-state index is 14.9. The molecule has 3 aromatic rings. The van der Waals surface area contributed by atoms with Crippen molar-refractivity contribution in [1.82, 2.24) is 24.9 Å². The summed E-state index contributed by atoms with van der Waals surface area (Å²) in [6.07, 6.45) is 2.24. The van der Waals surface area contributed by atoms with Gasteiger partial charge in [-0.1, -0.05) is 11.6 Å². The fourth-order valence-corrected chi connectivity index (χ4v) is 4.64. The average Bonchev–Trinajstić information content (AvgIpc) is 3.62. The van der Waals surface area contributed by atoms with Crippen LogP contribution in [0.2, 0.25) is 5.02 Å². The van der Waals surface area contributed by atoms with E-state index in [1.54, 1.807) is 10.7 Å².